The summed E-state index contributed by atoms with van der Waals surface area (Å²) in [5.74, 6) is 0.795. The standard InChI is InChI=1S/C9H8Cl2N2S/c1-2-3-7-12-8(11)5-4-6(10)14-9(5)13-7/h4H,2-3H2,1H3. The first-order chi connectivity index (χ1) is 6.70. The van der Waals surface area contributed by atoms with Gasteiger partial charge in [-0.3, -0.25) is 0 Å². The minimum atomic E-state index is 0.501. The van der Waals surface area contributed by atoms with Gasteiger partial charge in [0.2, 0.25) is 0 Å². The van der Waals surface area contributed by atoms with Crippen LogP contribution in [0.4, 0.5) is 0 Å². The molecule has 0 amide bonds. The van der Waals surface area contributed by atoms with Gasteiger partial charge in [-0.25, -0.2) is 9.97 Å². The van der Waals surface area contributed by atoms with Crippen LogP contribution in [0, 0.1) is 0 Å². The van der Waals surface area contributed by atoms with Crippen molar-refractivity contribution in [2.75, 3.05) is 0 Å². The Balaban J connectivity index is 2.59. The van der Waals surface area contributed by atoms with Crippen LogP contribution in [0.3, 0.4) is 0 Å². The summed E-state index contributed by atoms with van der Waals surface area (Å²) in [6.45, 7) is 2.09. The van der Waals surface area contributed by atoms with Gasteiger partial charge in [0.15, 0.2) is 0 Å². The van der Waals surface area contributed by atoms with E-state index in [4.69, 9.17) is 23.2 Å². The van der Waals surface area contributed by atoms with E-state index in [2.05, 4.69) is 16.9 Å². The van der Waals surface area contributed by atoms with Crippen LogP contribution in [0.25, 0.3) is 10.2 Å². The topological polar surface area (TPSA) is 25.8 Å². The van der Waals surface area contributed by atoms with Gasteiger partial charge in [-0.15, -0.1) is 11.3 Å². The minimum Gasteiger partial charge on any atom is -0.222 e. The molecule has 0 atom stereocenters. The van der Waals surface area contributed by atoms with E-state index in [1.807, 2.05) is 0 Å². The van der Waals surface area contributed by atoms with Crippen molar-refractivity contribution in [1.29, 1.82) is 0 Å². The Kier molecular flexibility index (Phi) is 2.91. The molecule has 0 N–H and O–H groups in total. The molecule has 14 heavy (non-hydrogen) atoms. The van der Waals surface area contributed by atoms with Crippen LogP contribution < -0.4 is 0 Å². The number of nitrogens with zero attached hydrogens (tertiary/aromatic N) is 2. The summed E-state index contributed by atoms with van der Waals surface area (Å²) < 4.78 is 0.699. The number of hydrogen-bond acceptors (Lipinski definition) is 3. The van der Waals surface area contributed by atoms with E-state index >= 15 is 0 Å². The monoisotopic (exact) mass is 246 g/mol. The summed E-state index contributed by atoms with van der Waals surface area (Å²) in [5, 5.41) is 1.35. The van der Waals surface area contributed by atoms with Crippen molar-refractivity contribution in [3.8, 4) is 0 Å². The highest BCUT2D eigenvalue weighted by Gasteiger charge is 2.08. The SMILES string of the molecule is CCCc1nc(Cl)c2cc(Cl)sc2n1. The fourth-order valence-corrected chi connectivity index (χ4v) is 2.64. The Hall–Kier alpha value is -0.380. The van der Waals surface area contributed by atoms with Gasteiger partial charge < -0.3 is 0 Å². The van der Waals surface area contributed by atoms with Gasteiger partial charge in [0.1, 0.15) is 15.8 Å². The lowest BCUT2D eigenvalue weighted by Gasteiger charge is -1.98. The van der Waals surface area contributed by atoms with Crippen LogP contribution in [0.1, 0.15) is 19.2 Å². The van der Waals surface area contributed by atoms with Gasteiger partial charge in [-0.05, 0) is 12.5 Å². The fourth-order valence-electron chi connectivity index (χ4n) is 1.23. The van der Waals surface area contributed by atoms with Crippen LogP contribution in [0.2, 0.25) is 9.49 Å². The molecule has 5 heteroatoms. The third-order valence-electron chi connectivity index (χ3n) is 1.84. The Morgan fingerprint density at radius 2 is 2.14 bits per heavy atom. The molecule has 0 bridgehead atoms. The summed E-state index contributed by atoms with van der Waals surface area (Å²) in [7, 11) is 0. The van der Waals surface area contributed by atoms with Crippen molar-refractivity contribution < 1.29 is 0 Å². The average Bonchev–Trinajstić information content (AvgIpc) is 2.47. The first-order valence-corrected chi connectivity index (χ1v) is 5.89. The normalized spacial score (nSPS) is 11.1. The van der Waals surface area contributed by atoms with Crippen molar-refractivity contribution in [3.05, 3.63) is 21.4 Å². The van der Waals surface area contributed by atoms with Crippen LogP contribution in [0.15, 0.2) is 6.07 Å². The first-order valence-electron chi connectivity index (χ1n) is 4.32. The van der Waals surface area contributed by atoms with Gasteiger partial charge >= 0.3 is 0 Å². The molecule has 74 valence electrons. The largest absolute Gasteiger partial charge is 0.222 e. The van der Waals surface area contributed by atoms with Crippen LogP contribution in [-0.4, -0.2) is 9.97 Å². The van der Waals surface area contributed by atoms with Crippen LogP contribution in [0.5, 0.6) is 0 Å². The molecule has 0 aliphatic rings. The molecule has 0 fully saturated rings. The maximum Gasteiger partial charge on any atom is 0.141 e. The van der Waals surface area contributed by atoms with Crippen molar-refractivity contribution in [2.45, 2.75) is 19.8 Å². The first kappa shape index (κ1) is 10.1. The average molecular weight is 247 g/mol. The molecule has 0 spiro atoms. The molecule has 0 aromatic carbocycles. The van der Waals surface area contributed by atoms with E-state index < -0.39 is 0 Å². The van der Waals surface area contributed by atoms with E-state index in [0.717, 1.165) is 28.9 Å². The number of thiophene rings is 1. The highest BCUT2D eigenvalue weighted by Crippen LogP contribution is 2.31. The maximum atomic E-state index is 6.01. The second-order valence-corrected chi connectivity index (χ2v) is 4.97. The highest BCUT2D eigenvalue weighted by molar-refractivity contribution is 7.22. The quantitative estimate of drug-likeness (QED) is 0.751. The lowest BCUT2D eigenvalue weighted by Crippen LogP contribution is -1.93. The molecule has 2 rings (SSSR count). The molecular formula is C9H8Cl2N2S. The predicted molar refractivity (Wildman–Crippen MR) is 61.4 cm³/mol. The Morgan fingerprint density at radius 3 is 2.86 bits per heavy atom. The van der Waals surface area contributed by atoms with E-state index in [1.54, 1.807) is 6.07 Å². The third kappa shape index (κ3) is 1.85. The van der Waals surface area contributed by atoms with Gasteiger partial charge in [0, 0.05) is 6.42 Å². The number of halogens is 2. The third-order valence-corrected chi connectivity index (χ3v) is 3.28. The summed E-state index contributed by atoms with van der Waals surface area (Å²) in [4.78, 5) is 9.47. The Bertz CT molecular complexity index is 467. The predicted octanol–water partition coefficient (Wildman–Crippen LogP) is 3.95. The van der Waals surface area contributed by atoms with E-state index in [-0.39, 0.29) is 0 Å². The Morgan fingerprint density at radius 1 is 1.36 bits per heavy atom. The summed E-state index contributed by atoms with van der Waals surface area (Å²) >= 11 is 13.3. The van der Waals surface area contributed by atoms with Crippen LogP contribution >= 0.6 is 34.5 Å². The zero-order valence-corrected chi connectivity index (χ0v) is 9.88. The number of rotatable bonds is 2. The molecule has 2 aromatic heterocycles. The van der Waals surface area contributed by atoms with E-state index in [0.29, 0.717) is 9.49 Å². The summed E-state index contributed by atoms with van der Waals surface area (Å²) in [6.07, 6.45) is 1.87. The lowest BCUT2D eigenvalue weighted by molar-refractivity contribution is 0.846. The van der Waals surface area contributed by atoms with Gasteiger partial charge in [0.05, 0.1) is 9.72 Å². The molecule has 2 heterocycles. The maximum absolute atomic E-state index is 6.01. The molecule has 0 saturated heterocycles. The molecule has 2 aromatic rings. The number of fused-ring (bicyclic) bond motifs is 1. The van der Waals surface area contributed by atoms with Crippen molar-refractivity contribution in [3.63, 3.8) is 0 Å². The van der Waals surface area contributed by atoms with Crippen molar-refractivity contribution >= 4 is 44.8 Å². The van der Waals surface area contributed by atoms with E-state index in [9.17, 15) is 0 Å². The van der Waals surface area contributed by atoms with Gasteiger partial charge in [-0.1, -0.05) is 30.1 Å². The second-order valence-electron chi connectivity index (χ2n) is 2.95. The smallest absolute Gasteiger partial charge is 0.141 e. The molecule has 0 saturated carbocycles. The zero-order valence-electron chi connectivity index (χ0n) is 7.55. The van der Waals surface area contributed by atoms with Gasteiger partial charge in [-0.2, -0.15) is 0 Å². The molecule has 0 radical (unpaired) electrons. The van der Waals surface area contributed by atoms with Crippen LogP contribution in [-0.2, 0) is 6.42 Å². The minimum absolute atomic E-state index is 0.501. The molecule has 0 unspecified atom stereocenters. The zero-order chi connectivity index (χ0) is 10.1. The Labute approximate surface area is 95.9 Å². The molecule has 0 aliphatic carbocycles. The number of aryl methyl sites for hydroxylation is 1. The van der Waals surface area contributed by atoms with E-state index in [1.165, 1.54) is 11.3 Å². The summed E-state index contributed by atoms with van der Waals surface area (Å²) in [5.41, 5.74) is 0. The summed E-state index contributed by atoms with van der Waals surface area (Å²) in [6, 6.07) is 1.81. The van der Waals surface area contributed by atoms with Crippen molar-refractivity contribution in [1.82, 2.24) is 9.97 Å². The highest BCUT2D eigenvalue weighted by atomic mass is 35.5. The van der Waals surface area contributed by atoms with Gasteiger partial charge in [0.25, 0.3) is 0 Å². The number of hydrogen-bond donors (Lipinski definition) is 0. The second kappa shape index (κ2) is 4.01. The fraction of sp³-hybridized carbons (Fsp3) is 0.333. The van der Waals surface area contributed by atoms with Crippen molar-refractivity contribution in [2.24, 2.45) is 0 Å². The molecule has 2 nitrogen and oxygen atoms in total. The number of aromatic nitrogens is 2. The molecule has 0 aliphatic heterocycles. The molecular weight excluding hydrogens is 239 g/mol. The lowest BCUT2D eigenvalue weighted by atomic mass is 10.3.